The summed E-state index contributed by atoms with van der Waals surface area (Å²) in [6.07, 6.45) is 1.88. The summed E-state index contributed by atoms with van der Waals surface area (Å²) < 4.78 is 0. The predicted octanol–water partition coefficient (Wildman–Crippen LogP) is 12.5. The van der Waals surface area contributed by atoms with E-state index >= 15 is 0 Å². The van der Waals surface area contributed by atoms with E-state index in [0.717, 1.165) is 33.6 Å². The third-order valence-electron chi connectivity index (χ3n) is 11.9. The molecule has 4 heteroatoms. The summed E-state index contributed by atoms with van der Waals surface area (Å²) in [6.45, 7) is 13.5. The van der Waals surface area contributed by atoms with E-state index in [-0.39, 0.29) is 6.71 Å². The number of aryl methyl sites for hydroxylation is 6. The first-order valence-corrected chi connectivity index (χ1v) is 20.9. The molecule has 0 aliphatic carbocycles. The average Bonchev–Trinajstić information content (AvgIpc) is 3.26. The molecule has 290 valence electrons. The maximum absolute atomic E-state index is 5.30. The molecule has 0 radical (unpaired) electrons. The molecule has 0 amide bonds. The van der Waals surface area contributed by atoms with Crippen molar-refractivity contribution in [1.82, 2.24) is 9.97 Å². The zero-order valence-electron chi connectivity index (χ0n) is 35.2. The molecule has 0 aliphatic rings. The highest BCUT2D eigenvalue weighted by atomic mass is 15.3. The Morgan fingerprint density at radius 2 is 0.950 bits per heavy atom. The van der Waals surface area contributed by atoms with E-state index in [1.165, 1.54) is 71.8 Å². The van der Waals surface area contributed by atoms with Crippen molar-refractivity contribution >= 4 is 51.2 Å². The van der Waals surface area contributed by atoms with Gasteiger partial charge >= 0.3 is 0 Å². The standard InChI is InChI=1S/C56H48BN3/c1-37-32-39(3)54(40(4)33-37)57(55-41(5)34-38(2)35-42(55)6)51-28-29-53(50-27-16-15-26-49(50)51)60(56-58-31-30-52(59-56)44-20-11-8-12-21-44)46-23-17-22-45(36-46)48-25-14-13-24-47(48)43-18-9-7-10-19-43/h7-36H,1-6H3. The first-order valence-electron chi connectivity index (χ1n) is 20.9. The van der Waals surface area contributed by atoms with Crippen molar-refractivity contribution in [2.24, 2.45) is 0 Å². The molecule has 9 rings (SSSR count). The topological polar surface area (TPSA) is 29.0 Å². The van der Waals surface area contributed by atoms with Crippen molar-refractivity contribution in [2.75, 3.05) is 4.90 Å². The molecular weight excluding hydrogens is 725 g/mol. The Labute approximate surface area is 355 Å². The molecule has 0 aliphatic heterocycles. The monoisotopic (exact) mass is 773 g/mol. The minimum atomic E-state index is 0.0223. The number of hydrogen-bond acceptors (Lipinski definition) is 3. The lowest BCUT2D eigenvalue weighted by atomic mass is 9.33. The van der Waals surface area contributed by atoms with Crippen molar-refractivity contribution in [3.63, 3.8) is 0 Å². The summed E-state index contributed by atoms with van der Waals surface area (Å²) >= 11 is 0. The first-order chi connectivity index (χ1) is 29.2. The molecule has 9 aromatic rings. The van der Waals surface area contributed by atoms with Crippen LogP contribution in [0.15, 0.2) is 182 Å². The van der Waals surface area contributed by atoms with Crippen LogP contribution in [0, 0.1) is 41.5 Å². The number of benzene rings is 8. The molecule has 60 heavy (non-hydrogen) atoms. The van der Waals surface area contributed by atoms with Gasteiger partial charge in [0.15, 0.2) is 0 Å². The lowest BCUT2D eigenvalue weighted by Crippen LogP contribution is -2.56. The van der Waals surface area contributed by atoms with E-state index in [4.69, 9.17) is 9.97 Å². The maximum atomic E-state index is 5.30. The van der Waals surface area contributed by atoms with Crippen LogP contribution in [0.2, 0.25) is 0 Å². The van der Waals surface area contributed by atoms with E-state index in [1.807, 2.05) is 18.3 Å². The van der Waals surface area contributed by atoms with Crippen molar-refractivity contribution in [3.8, 4) is 33.5 Å². The summed E-state index contributed by atoms with van der Waals surface area (Å²) in [5, 5.41) is 2.34. The number of aromatic nitrogens is 2. The smallest absolute Gasteiger partial charge is 0.243 e. The molecule has 0 atom stereocenters. The van der Waals surface area contributed by atoms with Gasteiger partial charge in [-0.05, 0) is 93.4 Å². The minimum absolute atomic E-state index is 0.0223. The predicted molar refractivity (Wildman–Crippen MR) is 256 cm³/mol. The van der Waals surface area contributed by atoms with E-state index in [2.05, 4.69) is 210 Å². The molecule has 1 heterocycles. The van der Waals surface area contributed by atoms with Crippen molar-refractivity contribution < 1.29 is 0 Å². The van der Waals surface area contributed by atoms with Gasteiger partial charge in [-0.3, -0.25) is 4.90 Å². The quantitative estimate of drug-likeness (QED) is 0.137. The number of nitrogens with zero attached hydrogens (tertiary/aromatic N) is 3. The van der Waals surface area contributed by atoms with Crippen molar-refractivity contribution in [1.29, 1.82) is 0 Å². The number of rotatable bonds is 9. The third-order valence-corrected chi connectivity index (χ3v) is 11.9. The summed E-state index contributed by atoms with van der Waals surface area (Å²) in [5.41, 5.74) is 20.4. The molecule has 3 nitrogen and oxygen atoms in total. The van der Waals surface area contributed by atoms with Crippen LogP contribution in [0.3, 0.4) is 0 Å². The molecule has 0 saturated carbocycles. The SMILES string of the molecule is Cc1cc(C)c(B(c2c(C)cc(C)cc2C)c2ccc(N(c3cccc(-c4ccccc4-c4ccccc4)c3)c3nccc(-c4ccccc4)n3)c3ccccc23)c(C)c1. The van der Waals surface area contributed by atoms with Crippen molar-refractivity contribution in [3.05, 3.63) is 216 Å². The van der Waals surface area contributed by atoms with Crippen LogP contribution < -0.4 is 21.3 Å². The molecule has 1 aromatic heterocycles. The highest BCUT2D eigenvalue weighted by Crippen LogP contribution is 2.40. The number of hydrogen-bond donors (Lipinski definition) is 0. The minimum Gasteiger partial charge on any atom is -0.279 e. The second-order valence-corrected chi connectivity index (χ2v) is 16.2. The van der Waals surface area contributed by atoms with E-state index < -0.39 is 0 Å². The van der Waals surface area contributed by atoms with Gasteiger partial charge in [-0.25, -0.2) is 9.97 Å². The van der Waals surface area contributed by atoms with Gasteiger partial charge in [0.2, 0.25) is 12.7 Å². The second-order valence-electron chi connectivity index (χ2n) is 16.2. The molecule has 0 saturated heterocycles. The van der Waals surface area contributed by atoms with Gasteiger partial charge in [0.1, 0.15) is 0 Å². The summed E-state index contributed by atoms with van der Waals surface area (Å²) in [6, 6.07) is 63.4. The van der Waals surface area contributed by atoms with Crippen LogP contribution in [-0.2, 0) is 0 Å². The van der Waals surface area contributed by atoms with Crippen LogP contribution in [0.5, 0.6) is 0 Å². The van der Waals surface area contributed by atoms with Gasteiger partial charge in [0, 0.05) is 22.8 Å². The Hall–Kier alpha value is -7.04. The molecular formula is C56H48BN3. The largest absolute Gasteiger partial charge is 0.279 e. The van der Waals surface area contributed by atoms with Gasteiger partial charge in [0.25, 0.3) is 0 Å². The van der Waals surface area contributed by atoms with Crippen LogP contribution in [0.4, 0.5) is 17.3 Å². The number of fused-ring (bicyclic) bond motifs is 1. The van der Waals surface area contributed by atoms with Gasteiger partial charge < -0.3 is 0 Å². The summed E-state index contributed by atoms with van der Waals surface area (Å²) in [5.74, 6) is 0.606. The molecule has 8 aromatic carbocycles. The summed E-state index contributed by atoms with van der Waals surface area (Å²) in [7, 11) is 0. The highest BCUT2D eigenvalue weighted by molar-refractivity contribution is 6.98. The van der Waals surface area contributed by atoms with Crippen LogP contribution in [0.25, 0.3) is 44.3 Å². The van der Waals surface area contributed by atoms with Crippen LogP contribution in [-0.4, -0.2) is 16.7 Å². The fraction of sp³-hybridized carbons (Fsp3) is 0.107. The third kappa shape index (κ3) is 7.31. The average molecular weight is 774 g/mol. The Bertz CT molecular complexity index is 2910. The zero-order valence-corrected chi connectivity index (χ0v) is 35.2. The first kappa shape index (κ1) is 38.5. The molecule has 0 spiro atoms. The van der Waals surface area contributed by atoms with E-state index in [9.17, 15) is 0 Å². The Balaban J connectivity index is 1.29. The fourth-order valence-electron chi connectivity index (χ4n) is 9.51. The Morgan fingerprint density at radius 1 is 0.433 bits per heavy atom. The summed E-state index contributed by atoms with van der Waals surface area (Å²) in [4.78, 5) is 12.6. The molecule has 0 fully saturated rings. The van der Waals surface area contributed by atoms with Gasteiger partial charge in [-0.15, -0.1) is 0 Å². The van der Waals surface area contributed by atoms with Gasteiger partial charge in [0.05, 0.1) is 11.4 Å². The Kier molecular flexibility index (Phi) is 10.5. The number of anilines is 3. The van der Waals surface area contributed by atoms with Crippen LogP contribution >= 0.6 is 0 Å². The molecule has 0 N–H and O–H groups in total. The lowest BCUT2D eigenvalue weighted by molar-refractivity contribution is 1.09. The normalized spacial score (nSPS) is 11.2. The maximum Gasteiger partial charge on any atom is 0.243 e. The van der Waals surface area contributed by atoms with Gasteiger partial charge in [-0.1, -0.05) is 201 Å². The Morgan fingerprint density at radius 3 is 1.57 bits per heavy atom. The molecule has 0 bridgehead atoms. The highest BCUT2D eigenvalue weighted by Gasteiger charge is 2.31. The van der Waals surface area contributed by atoms with Crippen LogP contribution in [0.1, 0.15) is 33.4 Å². The van der Waals surface area contributed by atoms with E-state index in [1.54, 1.807) is 0 Å². The van der Waals surface area contributed by atoms with Gasteiger partial charge in [-0.2, -0.15) is 0 Å². The zero-order chi connectivity index (χ0) is 41.3. The second kappa shape index (κ2) is 16.3. The van der Waals surface area contributed by atoms with Crippen molar-refractivity contribution in [2.45, 2.75) is 41.5 Å². The lowest BCUT2D eigenvalue weighted by Gasteiger charge is -2.29. The van der Waals surface area contributed by atoms with E-state index in [0.29, 0.717) is 5.95 Å². The fourth-order valence-corrected chi connectivity index (χ4v) is 9.51. The molecule has 0 unspecified atom stereocenters.